The molecule has 0 bridgehead atoms. The van der Waals surface area contributed by atoms with E-state index in [9.17, 15) is 0 Å². The van der Waals surface area contributed by atoms with Gasteiger partial charge in [-0.1, -0.05) is 54.6 Å². The van der Waals surface area contributed by atoms with Gasteiger partial charge in [0, 0.05) is 0 Å². The Labute approximate surface area is 98.7 Å². The van der Waals surface area contributed by atoms with Gasteiger partial charge in [-0.2, -0.15) is 0 Å². The lowest BCUT2D eigenvalue weighted by molar-refractivity contribution is 0.415. The Morgan fingerprint density at radius 3 is 2.19 bits per heavy atom. The lowest BCUT2D eigenvalue weighted by Crippen LogP contribution is -2.09. The zero-order valence-corrected chi connectivity index (χ0v) is 9.55. The summed E-state index contributed by atoms with van der Waals surface area (Å²) < 4.78 is 0. The van der Waals surface area contributed by atoms with Gasteiger partial charge in [0.1, 0.15) is 0 Å². The van der Waals surface area contributed by atoms with Crippen LogP contribution in [0.25, 0.3) is 0 Å². The van der Waals surface area contributed by atoms with Gasteiger partial charge in [0.05, 0.1) is 0 Å². The Hall–Kier alpha value is -1.30. The van der Waals surface area contributed by atoms with Crippen LogP contribution in [-0.4, -0.2) is 0 Å². The van der Waals surface area contributed by atoms with E-state index < -0.39 is 0 Å². The van der Waals surface area contributed by atoms with Gasteiger partial charge >= 0.3 is 0 Å². The average Bonchev–Trinajstić information content (AvgIpc) is 2.79. The standard InChI is InChI=1S/C9H12.C7H6/c1-2-5-9-7-3-6-8(9)4-1;1-7-5-3-2-4-6-7/h1-3,6,8-9H,4-5,7H2;1-6H. The summed E-state index contributed by atoms with van der Waals surface area (Å²) in [5.41, 5.74) is 0.822. The van der Waals surface area contributed by atoms with Gasteiger partial charge in [-0.15, -0.1) is 0 Å². The van der Waals surface area contributed by atoms with Crippen molar-refractivity contribution in [2.45, 2.75) is 19.3 Å². The fourth-order valence-electron chi connectivity index (χ4n) is 2.28. The number of hydrogen-bond acceptors (Lipinski definition) is 0. The summed E-state index contributed by atoms with van der Waals surface area (Å²) in [6, 6.07) is 9.49. The number of fused-ring (bicyclic) bond motifs is 1. The van der Waals surface area contributed by atoms with Crippen molar-refractivity contribution in [1.82, 2.24) is 0 Å². The Morgan fingerprint density at radius 2 is 1.56 bits per heavy atom. The van der Waals surface area contributed by atoms with Gasteiger partial charge < -0.3 is 0 Å². The molecule has 1 aromatic carbocycles. The molecule has 16 heavy (non-hydrogen) atoms. The van der Waals surface area contributed by atoms with Gasteiger partial charge in [-0.3, -0.25) is 0 Å². The molecule has 0 fully saturated rings. The van der Waals surface area contributed by atoms with Crippen LogP contribution in [0.5, 0.6) is 0 Å². The van der Waals surface area contributed by atoms with Crippen LogP contribution in [0.3, 0.4) is 0 Å². The van der Waals surface area contributed by atoms with E-state index in [4.69, 9.17) is 6.92 Å². The maximum atomic E-state index is 5.36. The van der Waals surface area contributed by atoms with Crippen molar-refractivity contribution in [2.75, 3.05) is 0 Å². The maximum Gasteiger partial charge on any atom is -0.00120 e. The molecule has 0 nitrogen and oxygen atoms in total. The van der Waals surface area contributed by atoms with E-state index in [1.807, 2.05) is 30.3 Å². The first-order chi connectivity index (χ1) is 7.86. The third-order valence-electron chi connectivity index (χ3n) is 3.24. The number of benzene rings is 1. The van der Waals surface area contributed by atoms with E-state index in [0.717, 1.165) is 17.4 Å². The third kappa shape index (κ3) is 3.10. The second-order valence-corrected chi connectivity index (χ2v) is 4.44. The number of allylic oxidation sites excluding steroid dienone is 4. The second-order valence-electron chi connectivity index (χ2n) is 4.44. The van der Waals surface area contributed by atoms with E-state index in [2.05, 4.69) is 24.3 Å². The van der Waals surface area contributed by atoms with E-state index in [1.54, 1.807) is 0 Å². The van der Waals surface area contributed by atoms with Gasteiger partial charge in [0.2, 0.25) is 0 Å². The first kappa shape index (κ1) is 11.2. The van der Waals surface area contributed by atoms with Crippen molar-refractivity contribution in [3.63, 3.8) is 0 Å². The minimum Gasteiger partial charge on any atom is -0.0882 e. The zero-order chi connectivity index (χ0) is 11.2. The quantitative estimate of drug-likeness (QED) is 0.561. The predicted octanol–water partition coefficient (Wildman–Crippen LogP) is 4.27. The molecule has 0 aliphatic heterocycles. The molecule has 82 valence electrons. The molecule has 2 unspecified atom stereocenters. The zero-order valence-electron chi connectivity index (χ0n) is 9.55. The van der Waals surface area contributed by atoms with Crippen LogP contribution in [0.2, 0.25) is 0 Å². The van der Waals surface area contributed by atoms with Crippen LogP contribution in [0.15, 0.2) is 54.6 Å². The maximum absolute atomic E-state index is 5.36. The minimum atomic E-state index is 0.822. The molecule has 3 rings (SSSR count). The molecule has 0 saturated carbocycles. The van der Waals surface area contributed by atoms with Crippen LogP contribution < -0.4 is 0 Å². The summed E-state index contributed by atoms with van der Waals surface area (Å²) in [5, 5.41) is 0. The molecule has 0 amide bonds. The van der Waals surface area contributed by atoms with Crippen LogP contribution in [-0.2, 0) is 0 Å². The fourth-order valence-corrected chi connectivity index (χ4v) is 2.28. The first-order valence-electron chi connectivity index (χ1n) is 5.98. The predicted molar refractivity (Wildman–Crippen MR) is 69.0 cm³/mol. The highest BCUT2D eigenvalue weighted by Crippen LogP contribution is 2.33. The average molecular weight is 210 g/mol. The number of hydrogen-bond donors (Lipinski definition) is 0. The van der Waals surface area contributed by atoms with Crippen LogP contribution in [0, 0.1) is 18.8 Å². The molecular formula is C16H18. The van der Waals surface area contributed by atoms with Crippen LogP contribution in [0.4, 0.5) is 0 Å². The third-order valence-corrected chi connectivity index (χ3v) is 3.24. The van der Waals surface area contributed by atoms with Crippen molar-refractivity contribution in [1.29, 1.82) is 0 Å². The van der Waals surface area contributed by atoms with Gasteiger partial charge in [-0.25, -0.2) is 0 Å². The molecule has 2 aliphatic rings. The topological polar surface area (TPSA) is 0 Å². The Kier molecular flexibility index (Phi) is 3.98. The largest absolute Gasteiger partial charge is 0.0882 e. The Morgan fingerprint density at radius 1 is 0.875 bits per heavy atom. The van der Waals surface area contributed by atoms with Crippen molar-refractivity contribution >= 4 is 0 Å². The monoisotopic (exact) mass is 210 g/mol. The molecule has 0 aromatic heterocycles. The molecule has 1 aromatic rings. The fraction of sp³-hybridized carbons (Fsp3) is 0.312. The molecule has 0 saturated heterocycles. The van der Waals surface area contributed by atoms with E-state index in [0.29, 0.717) is 0 Å². The highest BCUT2D eigenvalue weighted by atomic mass is 14.3. The van der Waals surface area contributed by atoms with E-state index in [-0.39, 0.29) is 0 Å². The van der Waals surface area contributed by atoms with Crippen molar-refractivity contribution < 1.29 is 0 Å². The summed E-state index contributed by atoms with van der Waals surface area (Å²) >= 11 is 0. The summed E-state index contributed by atoms with van der Waals surface area (Å²) in [4.78, 5) is 0. The van der Waals surface area contributed by atoms with Crippen LogP contribution >= 0.6 is 0 Å². The van der Waals surface area contributed by atoms with E-state index in [1.165, 1.54) is 19.3 Å². The highest BCUT2D eigenvalue weighted by Gasteiger charge is 2.22. The van der Waals surface area contributed by atoms with Crippen LogP contribution in [0.1, 0.15) is 24.8 Å². The van der Waals surface area contributed by atoms with Gasteiger partial charge in [0.15, 0.2) is 0 Å². The smallest absolute Gasteiger partial charge is 0.00120 e. The Bertz CT molecular complexity index is 359. The SMILES string of the molecule is C1=CCC2CC=CC2C1.[CH]c1ccccc1. The molecule has 2 aliphatic carbocycles. The van der Waals surface area contributed by atoms with Crippen molar-refractivity contribution in [3.05, 3.63) is 67.1 Å². The molecule has 2 radical (unpaired) electrons. The van der Waals surface area contributed by atoms with E-state index >= 15 is 0 Å². The van der Waals surface area contributed by atoms with Crippen molar-refractivity contribution in [2.24, 2.45) is 11.8 Å². The molecule has 0 spiro atoms. The van der Waals surface area contributed by atoms with Crippen molar-refractivity contribution in [3.8, 4) is 0 Å². The molecule has 0 heteroatoms. The normalized spacial score (nSPS) is 25.8. The lowest BCUT2D eigenvalue weighted by atomic mass is 9.86. The first-order valence-corrected chi connectivity index (χ1v) is 5.98. The second kappa shape index (κ2) is 5.69. The summed E-state index contributed by atoms with van der Waals surface area (Å²) in [6.07, 6.45) is 13.3. The Balaban J connectivity index is 0.000000125. The molecule has 0 N–H and O–H groups in total. The molecular weight excluding hydrogens is 192 g/mol. The van der Waals surface area contributed by atoms with Gasteiger partial charge in [-0.05, 0) is 43.6 Å². The molecule has 0 heterocycles. The summed E-state index contributed by atoms with van der Waals surface area (Å²) in [7, 11) is 0. The highest BCUT2D eigenvalue weighted by molar-refractivity contribution is 5.16. The minimum absolute atomic E-state index is 0.822. The number of rotatable bonds is 0. The summed E-state index contributed by atoms with van der Waals surface area (Å²) in [5.74, 6) is 1.87. The summed E-state index contributed by atoms with van der Waals surface area (Å²) in [6.45, 7) is 5.36. The van der Waals surface area contributed by atoms with Gasteiger partial charge in [0.25, 0.3) is 0 Å². The molecule has 2 atom stereocenters. The lowest BCUT2D eigenvalue weighted by Gasteiger charge is -2.19.